The van der Waals surface area contributed by atoms with Crippen molar-refractivity contribution in [3.8, 4) is 0 Å². The van der Waals surface area contributed by atoms with Crippen molar-refractivity contribution in [1.82, 2.24) is 5.32 Å². The fourth-order valence-electron chi connectivity index (χ4n) is 2.14. The van der Waals surface area contributed by atoms with Gasteiger partial charge in [0, 0.05) is 12.6 Å². The van der Waals surface area contributed by atoms with Gasteiger partial charge in [-0.25, -0.2) is 0 Å². The monoisotopic (exact) mass is 195 g/mol. The smallest absolute Gasteiger partial charge is 0.188 e. The quantitative estimate of drug-likeness (QED) is 0.527. The van der Waals surface area contributed by atoms with Gasteiger partial charge in [-0.05, 0) is 50.9 Å². The highest BCUT2D eigenvalue weighted by atomic mass is 15.1. The van der Waals surface area contributed by atoms with Crippen LogP contribution < -0.4 is 11.1 Å². The highest BCUT2D eigenvalue weighted by Gasteiger charge is 2.53. The van der Waals surface area contributed by atoms with Gasteiger partial charge in [0.15, 0.2) is 5.96 Å². The van der Waals surface area contributed by atoms with Crippen LogP contribution in [0.25, 0.3) is 0 Å². The lowest BCUT2D eigenvalue weighted by molar-refractivity contribution is 0.453. The van der Waals surface area contributed by atoms with Gasteiger partial charge in [0.1, 0.15) is 0 Å². The number of guanidine groups is 1. The Labute approximate surface area is 86.2 Å². The standard InChI is InChI=1S/C11H21N3/c1-8(2)14-10(12)13-7-11(5-6-11)9-3-4-9/h8-9H,3-7H2,1-2H3,(H3,12,13,14). The summed E-state index contributed by atoms with van der Waals surface area (Å²) in [7, 11) is 0. The van der Waals surface area contributed by atoms with Gasteiger partial charge in [0.25, 0.3) is 0 Å². The van der Waals surface area contributed by atoms with E-state index in [1.807, 2.05) is 0 Å². The Morgan fingerprint density at radius 3 is 2.57 bits per heavy atom. The van der Waals surface area contributed by atoms with Gasteiger partial charge in [-0.3, -0.25) is 4.99 Å². The summed E-state index contributed by atoms with van der Waals surface area (Å²) in [6.07, 6.45) is 5.59. The summed E-state index contributed by atoms with van der Waals surface area (Å²) in [5.74, 6) is 1.59. The normalized spacial score (nSPS) is 25.2. The molecule has 0 unspecified atom stereocenters. The Balaban J connectivity index is 1.80. The lowest BCUT2D eigenvalue weighted by atomic mass is 10.0. The van der Waals surface area contributed by atoms with Crippen LogP contribution in [0.15, 0.2) is 4.99 Å². The molecule has 0 aromatic heterocycles. The van der Waals surface area contributed by atoms with Crippen LogP contribution in [0.3, 0.4) is 0 Å². The highest BCUT2D eigenvalue weighted by Crippen LogP contribution is 2.61. The summed E-state index contributed by atoms with van der Waals surface area (Å²) < 4.78 is 0. The van der Waals surface area contributed by atoms with E-state index < -0.39 is 0 Å². The zero-order chi connectivity index (χ0) is 10.2. The van der Waals surface area contributed by atoms with Crippen LogP contribution in [0.2, 0.25) is 0 Å². The van der Waals surface area contributed by atoms with E-state index in [2.05, 4.69) is 24.2 Å². The van der Waals surface area contributed by atoms with Gasteiger partial charge < -0.3 is 11.1 Å². The summed E-state index contributed by atoms with van der Waals surface area (Å²) >= 11 is 0. The fourth-order valence-corrected chi connectivity index (χ4v) is 2.14. The molecule has 2 aliphatic carbocycles. The van der Waals surface area contributed by atoms with Crippen molar-refractivity contribution >= 4 is 5.96 Å². The summed E-state index contributed by atoms with van der Waals surface area (Å²) in [5, 5.41) is 3.13. The molecule has 0 aromatic carbocycles. The van der Waals surface area contributed by atoms with Crippen LogP contribution in [-0.2, 0) is 0 Å². The Bertz CT molecular complexity index is 237. The fraction of sp³-hybridized carbons (Fsp3) is 0.909. The van der Waals surface area contributed by atoms with Crippen molar-refractivity contribution in [2.24, 2.45) is 22.1 Å². The van der Waals surface area contributed by atoms with Crippen molar-refractivity contribution < 1.29 is 0 Å². The van der Waals surface area contributed by atoms with E-state index in [-0.39, 0.29) is 0 Å². The van der Waals surface area contributed by atoms with Gasteiger partial charge in [-0.2, -0.15) is 0 Å². The topological polar surface area (TPSA) is 50.4 Å². The van der Waals surface area contributed by atoms with E-state index in [0.717, 1.165) is 12.5 Å². The first-order valence-corrected chi connectivity index (χ1v) is 5.69. The summed E-state index contributed by atoms with van der Waals surface area (Å²) in [6, 6.07) is 0.384. The van der Waals surface area contributed by atoms with Crippen LogP contribution in [-0.4, -0.2) is 18.5 Å². The maximum atomic E-state index is 5.77. The number of aliphatic imine (C=N–C) groups is 1. The zero-order valence-electron chi connectivity index (χ0n) is 9.21. The minimum Gasteiger partial charge on any atom is -0.370 e. The van der Waals surface area contributed by atoms with E-state index in [1.54, 1.807) is 0 Å². The first kappa shape index (κ1) is 9.81. The van der Waals surface area contributed by atoms with Crippen LogP contribution in [0, 0.1) is 11.3 Å². The minimum absolute atomic E-state index is 0.384. The third-order valence-corrected chi connectivity index (χ3v) is 3.34. The van der Waals surface area contributed by atoms with Crippen molar-refractivity contribution in [2.75, 3.05) is 6.54 Å². The summed E-state index contributed by atoms with van der Waals surface area (Å²) in [5.41, 5.74) is 6.34. The molecule has 0 spiro atoms. The molecule has 2 aliphatic rings. The predicted octanol–water partition coefficient (Wildman–Crippen LogP) is 1.49. The van der Waals surface area contributed by atoms with E-state index in [0.29, 0.717) is 17.4 Å². The highest BCUT2D eigenvalue weighted by molar-refractivity contribution is 5.78. The molecule has 0 aromatic rings. The zero-order valence-corrected chi connectivity index (χ0v) is 9.21. The molecule has 0 bridgehead atoms. The van der Waals surface area contributed by atoms with Gasteiger partial charge in [-0.1, -0.05) is 0 Å². The molecule has 0 aliphatic heterocycles. The van der Waals surface area contributed by atoms with Gasteiger partial charge >= 0.3 is 0 Å². The van der Waals surface area contributed by atoms with E-state index in [1.165, 1.54) is 25.7 Å². The average molecular weight is 195 g/mol. The second-order valence-corrected chi connectivity index (χ2v) is 5.14. The van der Waals surface area contributed by atoms with Gasteiger partial charge in [-0.15, -0.1) is 0 Å². The van der Waals surface area contributed by atoms with Gasteiger partial charge in [0.2, 0.25) is 0 Å². The van der Waals surface area contributed by atoms with Crippen molar-refractivity contribution in [3.05, 3.63) is 0 Å². The van der Waals surface area contributed by atoms with Crippen molar-refractivity contribution in [1.29, 1.82) is 0 Å². The summed E-state index contributed by atoms with van der Waals surface area (Å²) in [4.78, 5) is 4.44. The number of nitrogens with zero attached hydrogens (tertiary/aromatic N) is 1. The van der Waals surface area contributed by atoms with E-state index in [4.69, 9.17) is 5.73 Å². The molecular weight excluding hydrogens is 174 g/mol. The van der Waals surface area contributed by atoms with Crippen LogP contribution >= 0.6 is 0 Å². The SMILES string of the molecule is CC(C)NC(N)=NCC1(C2CC2)CC1. The number of hydrogen-bond acceptors (Lipinski definition) is 1. The molecule has 0 radical (unpaired) electrons. The molecule has 3 heteroatoms. The van der Waals surface area contributed by atoms with Crippen LogP contribution in [0.1, 0.15) is 39.5 Å². The maximum Gasteiger partial charge on any atom is 0.188 e. The number of nitrogens with one attached hydrogen (secondary N) is 1. The number of hydrogen-bond donors (Lipinski definition) is 2. The largest absolute Gasteiger partial charge is 0.370 e. The predicted molar refractivity (Wildman–Crippen MR) is 59.2 cm³/mol. The Morgan fingerprint density at radius 1 is 1.50 bits per heavy atom. The molecule has 2 saturated carbocycles. The molecule has 0 atom stereocenters. The van der Waals surface area contributed by atoms with Crippen molar-refractivity contribution in [2.45, 2.75) is 45.6 Å². The molecule has 0 heterocycles. The first-order valence-electron chi connectivity index (χ1n) is 5.69. The third-order valence-electron chi connectivity index (χ3n) is 3.34. The molecule has 0 saturated heterocycles. The van der Waals surface area contributed by atoms with E-state index >= 15 is 0 Å². The third kappa shape index (κ3) is 2.20. The molecule has 3 nitrogen and oxygen atoms in total. The van der Waals surface area contributed by atoms with Crippen molar-refractivity contribution in [3.63, 3.8) is 0 Å². The molecule has 2 rings (SSSR count). The molecule has 14 heavy (non-hydrogen) atoms. The van der Waals surface area contributed by atoms with Gasteiger partial charge in [0.05, 0.1) is 0 Å². The molecule has 80 valence electrons. The van der Waals surface area contributed by atoms with Crippen LogP contribution in [0.4, 0.5) is 0 Å². The minimum atomic E-state index is 0.384. The molecule has 2 fully saturated rings. The molecule has 0 amide bonds. The number of nitrogens with two attached hydrogens (primary N) is 1. The lowest BCUT2D eigenvalue weighted by Crippen LogP contribution is -2.37. The Hall–Kier alpha value is -0.730. The molecule has 3 N–H and O–H groups in total. The second kappa shape index (κ2) is 3.44. The Kier molecular flexibility index (Phi) is 2.41. The first-order chi connectivity index (χ1) is 6.62. The lowest BCUT2D eigenvalue weighted by Gasteiger charge is -2.13. The van der Waals surface area contributed by atoms with Crippen LogP contribution in [0.5, 0.6) is 0 Å². The summed E-state index contributed by atoms with van der Waals surface area (Å²) in [6.45, 7) is 5.11. The number of rotatable bonds is 4. The molecular formula is C11H21N3. The maximum absolute atomic E-state index is 5.77. The Morgan fingerprint density at radius 2 is 2.14 bits per heavy atom. The average Bonchev–Trinajstić information content (AvgIpc) is 2.94. The second-order valence-electron chi connectivity index (χ2n) is 5.14. The van der Waals surface area contributed by atoms with E-state index in [9.17, 15) is 0 Å².